The summed E-state index contributed by atoms with van der Waals surface area (Å²) in [7, 11) is 3.54. The Morgan fingerprint density at radius 3 is 2.74 bits per heavy atom. The standard InChI is InChI=1S/C18H20N8O/c1-11(16-20-7-13(27-3)8-21-16)23-18-24-15(6-12-9-26(2)10-22-12)14-4-5-19-17(14)25-18/h4-5,7-11H,6H2,1-3H3,(H2,19,23,24,25). The minimum Gasteiger partial charge on any atom is -0.494 e. The topological polar surface area (TPSA) is 106 Å². The van der Waals surface area contributed by atoms with E-state index in [4.69, 9.17) is 9.72 Å². The van der Waals surface area contributed by atoms with Crippen molar-refractivity contribution >= 4 is 17.0 Å². The molecule has 9 heteroatoms. The van der Waals surface area contributed by atoms with Crippen LogP contribution in [0.4, 0.5) is 5.95 Å². The summed E-state index contributed by atoms with van der Waals surface area (Å²) in [5, 5.41) is 4.26. The van der Waals surface area contributed by atoms with E-state index < -0.39 is 0 Å². The predicted molar refractivity (Wildman–Crippen MR) is 101 cm³/mol. The highest BCUT2D eigenvalue weighted by molar-refractivity contribution is 5.79. The van der Waals surface area contributed by atoms with Crippen LogP contribution in [0.2, 0.25) is 0 Å². The van der Waals surface area contributed by atoms with Gasteiger partial charge in [0, 0.05) is 31.2 Å². The largest absolute Gasteiger partial charge is 0.494 e. The third-order valence-electron chi connectivity index (χ3n) is 4.22. The molecule has 4 rings (SSSR count). The second kappa shape index (κ2) is 7.02. The Morgan fingerprint density at radius 2 is 2.04 bits per heavy atom. The zero-order valence-electron chi connectivity index (χ0n) is 15.3. The fourth-order valence-corrected chi connectivity index (χ4v) is 2.85. The van der Waals surface area contributed by atoms with Gasteiger partial charge in [0.05, 0.1) is 43.3 Å². The predicted octanol–water partition coefficient (Wildman–Crippen LogP) is 2.25. The Kier molecular flexibility index (Phi) is 4.41. The number of hydrogen-bond acceptors (Lipinski definition) is 7. The lowest BCUT2D eigenvalue weighted by Gasteiger charge is -2.13. The summed E-state index contributed by atoms with van der Waals surface area (Å²) in [6, 6.07) is 1.82. The van der Waals surface area contributed by atoms with E-state index in [-0.39, 0.29) is 6.04 Å². The lowest BCUT2D eigenvalue weighted by molar-refractivity contribution is 0.409. The average molecular weight is 364 g/mol. The van der Waals surface area contributed by atoms with Gasteiger partial charge in [0.2, 0.25) is 5.95 Å². The van der Waals surface area contributed by atoms with Gasteiger partial charge in [0.25, 0.3) is 0 Å². The first kappa shape index (κ1) is 17.0. The minimum atomic E-state index is -0.161. The summed E-state index contributed by atoms with van der Waals surface area (Å²) in [5.74, 6) is 1.77. The van der Waals surface area contributed by atoms with E-state index in [1.165, 1.54) is 0 Å². The first-order valence-corrected chi connectivity index (χ1v) is 8.55. The van der Waals surface area contributed by atoms with Crippen LogP contribution in [0.3, 0.4) is 0 Å². The molecule has 2 N–H and O–H groups in total. The lowest BCUT2D eigenvalue weighted by atomic mass is 10.2. The molecule has 4 aromatic heterocycles. The van der Waals surface area contributed by atoms with Gasteiger partial charge in [-0.1, -0.05) is 0 Å². The molecule has 0 saturated carbocycles. The van der Waals surface area contributed by atoms with Crippen LogP contribution in [0.1, 0.15) is 30.2 Å². The van der Waals surface area contributed by atoms with Gasteiger partial charge in [0.15, 0.2) is 5.75 Å². The van der Waals surface area contributed by atoms with Gasteiger partial charge < -0.3 is 19.6 Å². The van der Waals surface area contributed by atoms with Crippen molar-refractivity contribution in [1.82, 2.24) is 34.5 Å². The van der Waals surface area contributed by atoms with Crippen molar-refractivity contribution in [1.29, 1.82) is 0 Å². The van der Waals surface area contributed by atoms with Crippen LogP contribution in [0.25, 0.3) is 11.0 Å². The van der Waals surface area contributed by atoms with Gasteiger partial charge in [-0.15, -0.1) is 0 Å². The molecule has 0 spiro atoms. The molecule has 0 aliphatic carbocycles. The summed E-state index contributed by atoms with van der Waals surface area (Å²) in [4.78, 5) is 25.4. The Bertz CT molecular complexity index is 1050. The SMILES string of the molecule is COc1cnc(C(C)Nc2nc(Cc3cn(C)cn3)c3cc[nH]c3n2)nc1. The molecular formula is C18H20N8O. The van der Waals surface area contributed by atoms with Gasteiger partial charge in [-0.05, 0) is 13.0 Å². The lowest BCUT2D eigenvalue weighted by Crippen LogP contribution is -2.13. The molecule has 0 aliphatic rings. The van der Waals surface area contributed by atoms with Crippen molar-refractivity contribution < 1.29 is 4.74 Å². The van der Waals surface area contributed by atoms with Gasteiger partial charge in [-0.25, -0.2) is 19.9 Å². The minimum absolute atomic E-state index is 0.161. The molecule has 1 unspecified atom stereocenters. The highest BCUT2D eigenvalue weighted by atomic mass is 16.5. The maximum atomic E-state index is 5.10. The van der Waals surface area contributed by atoms with E-state index in [0.717, 1.165) is 22.4 Å². The molecule has 0 saturated heterocycles. The van der Waals surface area contributed by atoms with Crippen LogP contribution in [0, 0.1) is 0 Å². The quantitative estimate of drug-likeness (QED) is 0.540. The van der Waals surface area contributed by atoms with E-state index in [2.05, 4.69) is 30.2 Å². The van der Waals surface area contributed by atoms with Crippen LogP contribution in [-0.2, 0) is 13.5 Å². The summed E-state index contributed by atoms with van der Waals surface area (Å²) in [6.45, 7) is 1.96. The van der Waals surface area contributed by atoms with Crippen LogP contribution in [0.15, 0.2) is 37.2 Å². The number of ether oxygens (including phenoxy) is 1. The van der Waals surface area contributed by atoms with E-state index in [1.807, 2.05) is 37.0 Å². The number of methoxy groups -OCH3 is 1. The zero-order valence-corrected chi connectivity index (χ0v) is 15.3. The second-order valence-corrected chi connectivity index (χ2v) is 6.29. The van der Waals surface area contributed by atoms with E-state index in [9.17, 15) is 0 Å². The molecule has 0 fully saturated rings. The highest BCUT2D eigenvalue weighted by Gasteiger charge is 2.14. The van der Waals surface area contributed by atoms with E-state index >= 15 is 0 Å². The number of rotatable bonds is 6. The maximum Gasteiger partial charge on any atom is 0.225 e. The molecule has 9 nitrogen and oxygen atoms in total. The molecule has 0 amide bonds. The summed E-state index contributed by atoms with van der Waals surface area (Å²) in [6.07, 6.45) is 9.54. The molecule has 0 radical (unpaired) electrons. The molecule has 27 heavy (non-hydrogen) atoms. The molecule has 4 heterocycles. The molecule has 138 valence electrons. The molecule has 4 aromatic rings. The number of aryl methyl sites for hydroxylation is 1. The summed E-state index contributed by atoms with van der Waals surface area (Å²) in [5.41, 5.74) is 2.64. The first-order valence-electron chi connectivity index (χ1n) is 8.55. The molecule has 0 bridgehead atoms. The number of hydrogen-bond donors (Lipinski definition) is 2. The Hall–Kier alpha value is -3.49. The van der Waals surface area contributed by atoms with Gasteiger partial charge in [-0.3, -0.25) is 0 Å². The Balaban J connectivity index is 1.61. The normalized spacial score (nSPS) is 12.3. The van der Waals surface area contributed by atoms with Crippen molar-refractivity contribution in [2.24, 2.45) is 7.05 Å². The van der Waals surface area contributed by atoms with Crippen LogP contribution in [-0.4, -0.2) is 41.6 Å². The Labute approximate surface area is 155 Å². The monoisotopic (exact) mass is 364 g/mol. The van der Waals surface area contributed by atoms with Crippen LogP contribution >= 0.6 is 0 Å². The number of fused-ring (bicyclic) bond motifs is 1. The fourth-order valence-electron chi connectivity index (χ4n) is 2.85. The smallest absolute Gasteiger partial charge is 0.225 e. The van der Waals surface area contributed by atoms with Crippen molar-refractivity contribution in [3.8, 4) is 5.75 Å². The average Bonchev–Trinajstić information content (AvgIpc) is 3.30. The molecule has 0 aromatic carbocycles. The van der Waals surface area contributed by atoms with Crippen LogP contribution in [0.5, 0.6) is 5.75 Å². The molecule has 0 aliphatic heterocycles. The van der Waals surface area contributed by atoms with Crippen LogP contribution < -0.4 is 10.1 Å². The van der Waals surface area contributed by atoms with Crippen molar-refractivity contribution in [2.75, 3.05) is 12.4 Å². The number of aromatic nitrogens is 7. The molecule has 1 atom stereocenters. The maximum absolute atomic E-state index is 5.10. The highest BCUT2D eigenvalue weighted by Crippen LogP contribution is 2.21. The summed E-state index contributed by atoms with van der Waals surface area (Å²) < 4.78 is 7.02. The van der Waals surface area contributed by atoms with Gasteiger partial charge >= 0.3 is 0 Å². The fraction of sp³-hybridized carbons (Fsp3) is 0.278. The number of nitrogens with one attached hydrogen (secondary N) is 2. The third kappa shape index (κ3) is 3.57. The number of anilines is 1. The second-order valence-electron chi connectivity index (χ2n) is 6.29. The third-order valence-corrected chi connectivity index (χ3v) is 4.22. The van der Waals surface area contributed by atoms with Crippen molar-refractivity contribution in [3.05, 3.63) is 54.4 Å². The number of H-pyrrole nitrogens is 1. The van der Waals surface area contributed by atoms with Crippen molar-refractivity contribution in [2.45, 2.75) is 19.4 Å². The number of imidazole rings is 1. The van der Waals surface area contributed by atoms with Gasteiger partial charge in [-0.2, -0.15) is 4.98 Å². The van der Waals surface area contributed by atoms with E-state index in [1.54, 1.807) is 25.8 Å². The summed E-state index contributed by atoms with van der Waals surface area (Å²) >= 11 is 0. The first-order chi connectivity index (χ1) is 13.1. The number of nitrogens with zero attached hydrogens (tertiary/aromatic N) is 6. The van der Waals surface area contributed by atoms with E-state index in [0.29, 0.717) is 23.9 Å². The Morgan fingerprint density at radius 1 is 1.22 bits per heavy atom. The van der Waals surface area contributed by atoms with Gasteiger partial charge in [0.1, 0.15) is 11.5 Å². The number of aromatic amines is 1. The molecular weight excluding hydrogens is 344 g/mol. The zero-order chi connectivity index (χ0) is 18.8. The van der Waals surface area contributed by atoms with Crippen molar-refractivity contribution in [3.63, 3.8) is 0 Å².